The zero-order valence-corrected chi connectivity index (χ0v) is 14.2. The van der Waals surface area contributed by atoms with Gasteiger partial charge in [-0.1, -0.05) is 18.2 Å². The number of para-hydroxylation sites is 1. The van der Waals surface area contributed by atoms with Crippen molar-refractivity contribution >= 4 is 23.2 Å². The van der Waals surface area contributed by atoms with E-state index in [1.807, 2.05) is 42.3 Å². The van der Waals surface area contributed by atoms with Crippen molar-refractivity contribution in [1.82, 2.24) is 4.90 Å². The van der Waals surface area contributed by atoms with Crippen LogP contribution in [0.5, 0.6) is 0 Å². The lowest BCUT2D eigenvalue weighted by Gasteiger charge is -2.16. The van der Waals surface area contributed by atoms with Gasteiger partial charge in [-0.05, 0) is 43.4 Å². The second-order valence-electron chi connectivity index (χ2n) is 5.77. The third-order valence-corrected chi connectivity index (χ3v) is 3.63. The molecular formula is C19H22FN3O2. The standard InChI is InChI=1S/C19H22FN3O2/c1-23(13-11-18(24)21-16-5-3-2-4-6-16)14-12-19(25)22-17-9-7-15(20)8-10-17/h2-10H,11-14H2,1H3,(H,21,24)(H,22,25). The SMILES string of the molecule is CN(CCC(=O)Nc1ccccc1)CCC(=O)Nc1ccc(F)cc1. The molecule has 2 aromatic carbocycles. The summed E-state index contributed by atoms with van der Waals surface area (Å²) >= 11 is 0. The number of amides is 2. The number of rotatable bonds is 8. The molecule has 0 bridgehead atoms. The summed E-state index contributed by atoms with van der Waals surface area (Å²) < 4.78 is 12.8. The Morgan fingerprint density at radius 3 is 1.84 bits per heavy atom. The van der Waals surface area contributed by atoms with Gasteiger partial charge >= 0.3 is 0 Å². The molecule has 0 aliphatic rings. The molecule has 0 atom stereocenters. The lowest BCUT2D eigenvalue weighted by Crippen LogP contribution is -2.27. The quantitative estimate of drug-likeness (QED) is 0.774. The Kier molecular flexibility index (Phi) is 7.10. The molecule has 0 saturated heterocycles. The summed E-state index contributed by atoms with van der Waals surface area (Å²) in [6.45, 7) is 1.09. The van der Waals surface area contributed by atoms with E-state index >= 15 is 0 Å². The molecule has 2 N–H and O–H groups in total. The van der Waals surface area contributed by atoms with Crippen molar-refractivity contribution in [3.8, 4) is 0 Å². The third-order valence-electron chi connectivity index (χ3n) is 3.63. The van der Waals surface area contributed by atoms with Gasteiger partial charge in [-0.3, -0.25) is 9.59 Å². The molecule has 0 radical (unpaired) electrons. The van der Waals surface area contributed by atoms with E-state index in [4.69, 9.17) is 0 Å². The van der Waals surface area contributed by atoms with Gasteiger partial charge in [0.25, 0.3) is 0 Å². The van der Waals surface area contributed by atoms with E-state index in [9.17, 15) is 14.0 Å². The zero-order valence-electron chi connectivity index (χ0n) is 14.2. The van der Waals surface area contributed by atoms with E-state index in [1.165, 1.54) is 24.3 Å². The Morgan fingerprint density at radius 1 is 0.840 bits per heavy atom. The molecule has 0 aliphatic carbocycles. The van der Waals surface area contributed by atoms with Gasteiger partial charge in [0, 0.05) is 37.3 Å². The van der Waals surface area contributed by atoms with Gasteiger partial charge in [0.1, 0.15) is 5.82 Å². The van der Waals surface area contributed by atoms with Crippen LogP contribution in [0.25, 0.3) is 0 Å². The van der Waals surface area contributed by atoms with Crippen LogP contribution in [0.4, 0.5) is 15.8 Å². The normalized spacial score (nSPS) is 10.5. The molecule has 0 heterocycles. The number of hydrogen-bond donors (Lipinski definition) is 2. The lowest BCUT2D eigenvalue weighted by atomic mass is 10.3. The van der Waals surface area contributed by atoms with Crippen LogP contribution in [0.1, 0.15) is 12.8 Å². The second-order valence-corrected chi connectivity index (χ2v) is 5.77. The fraction of sp³-hybridized carbons (Fsp3) is 0.263. The number of hydrogen-bond acceptors (Lipinski definition) is 3. The molecule has 5 nitrogen and oxygen atoms in total. The highest BCUT2D eigenvalue weighted by atomic mass is 19.1. The van der Waals surface area contributed by atoms with Crippen LogP contribution in [-0.4, -0.2) is 36.9 Å². The Hall–Kier alpha value is -2.73. The van der Waals surface area contributed by atoms with E-state index < -0.39 is 0 Å². The Morgan fingerprint density at radius 2 is 1.32 bits per heavy atom. The fourth-order valence-corrected chi connectivity index (χ4v) is 2.20. The van der Waals surface area contributed by atoms with Gasteiger partial charge in [-0.2, -0.15) is 0 Å². The fourth-order valence-electron chi connectivity index (χ4n) is 2.20. The summed E-state index contributed by atoms with van der Waals surface area (Å²) in [5.41, 5.74) is 1.34. The zero-order chi connectivity index (χ0) is 18.1. The highest BCUT2D eigenvalue weighted by molar-refractivity contribution is 5.91. The number of nitrogens with one attached hydrogen (secondary N) is 2. The molecule has 0 aliphatic heterocycles. The molecule has 0 aromatic heterocycles. The molecule has 132 valence electrons. The summed E-state index contributed by atoms with van der Waals surface area (Å²) in [6, 6.07) is 14.9. The van der Waals surface area contributed by atoms with E-state index in [0.717, 1.165) is 5.69 Å². The highest BCUT2D eigenvalue weighted by Gasteiger charge is 2.08. The molecule has 25 heavy (non-hydrogen) atoms. The predicted octanol–water partition coefficient (Wildman–Crippen LogP) is 3.11. The minimum absolute atomic E-state index is 0.0613. The van der Waals surface area contributed by atoms with Gasteiger partial charge in [-0.15, -0.1) is 0 Å². The molecular weight excluding hydrogens is 321 g/mol. The van der Waals surface area contributed by atoms with Crippen molar-refractivity contribution in [2.24, 2.45) is 0 Å². The summed E-state index contributed by atoms with van der Waals surface area (Å²) in [7, 11) is 1.86. The van der Waals surface area contributed by atoms with E-state index in [1.54, 1.807) is 0 Å². The maximum atomic E-state index is 12.8. The average molecular weight is 343 g/mol. The highest BCUT2D eigenvalue weighted by Crippen LogP contribution is 2.09. The second kappa shape index (κ2) is 9.54. The smallest absolute Gasteiger partial charge is 0.225 e. The van der Waals surface area contributed by atoms with Crippen molar-refractivity contribution in [3.05, 3.63) is 60.4 Å². The van der Waals surface area contributed by atoms with Gasteiger partial charge in [0.2, 0.25) is 11.8 Å². The Labute approximate surface area is 146 Å². The average Bonchev–Trinajstić information content (AvgIpc) is 2.61. The number of carbonyl (C=O) groups excluding carboxylic acids is 2. The number of anilines is 2. The summed E-state index contributed by atoms with van der Waals surface area (Å²) in [5, 5.41) is 5.53. The van der Waals surface area contributed by atoms with Crippen LogP contribution < -0.4 is 10.6 Å². The lowest BCUT2D eigenvalue weighted by molar-refractivity contribution is -0.116. The maximum Gasteiger partial charge on any atom is 0.225 e. The first-order chi connectivity index (χ1) is 12.0. The summed E-state index contributed by atoms with van der Waals surface area (Å²) in [6.07, 6.45) is 0.652. The van der Waals surface area contributed by atoms with Crippen molar-refractivity contribution in [2.75, 3.05) is 30.8 Å². The monoisotopic (exact) mass is 343 g/mol. The summed E-state index contributed by atoms with van der Waals surface area (Å²) in [5.74, 6) is -0.549. The first kappa shape index (κ1) is 18.6. The number of halogens is 1. The van der Waals surface area contributed by atoms with Gasteiger partial charge in [0.05, 0.1) is 0 Å². The molecule has 2 amide bonds. The van der Waals surface area contributed by atoms with Crippen molar-refractivity contribution < 1.29 is 14.0 Å². The maximum absolute atomic E-state index is 12.8. The topological polar surface area (TPSA) is 61.4 Å². The van der Waals surface area contributed by atoms with Crippen LogP contribution >= 0.6 is 0 Å². The number of carbonyl (C=O) groups is 2. The minimum Gasteiger partial charge on any atom is -0.326 e. The predicted molar refractivity (Wildman–Crippen MR) is 96.8 cm³/mol. The molecule has 0 unspecified atom stereocenters. The molecule has 6 heteroatoms. The van der Waals surface area contributed by atoms with E-state index in [2.05, 4.69) is 10.6 Å². The van der Waals surface area contributed by atoms with Crippen LogP contribution in [-0.2, 0) is 9.59 Å². The third kappa shape index (κ3) is 7.14. The molecule has 2 aromatic rings. The first-order valence-corrected chi connectivity index (χ1v) is 8.12. The van der Waals surface area contributed by atoms with Gasteiger partial charge < -0.3 is 15.5 Å². The van der Waals surface area contributed by atoms with Crippen LogP contribution in [0.15, 0.2) is 54.6 Å². The van der Waals surface area contributed by atoms with Crippen LogP contribution in [0.2, 0.25) is 0 Å². The number of nitrogens with zero attached hydrogens (tertiary/aromatic N) is 1. The minimum atomic E-state index is -0.341. The van der Waals surface area contributed by atoms with Crippen molar-refractivity contribution in [2.45, 2.75) is 12.8 Å². The molecule has 2 rings (SSSR count). The van der Waals surface area contributed by atoms with Crippen LogP contribution in [0.3, 0.4) is 0 Å². The largest absolute Gasteiger partial charge is 0.326 e. The molecule has 0 spiro atoms. The first-order valence-electron chi connectivity index (χ1n) is 8.12. The van der Waals surface area contributed by atoms with Gasteiger partial charge in [-0.25, -0.2) is 4.39 Å². The Balaban J connectivity index is 1.64. The van der Waals surface area contributed by atoms with Gasteiger partial charge in [0.15, 0.2) is 0 Å². The number of benzene rings is 2. The Bertz CT molecular complexity index is 690. The van der Waals surface area contributed by atoms with E-state index in [0.29, 0.717) is 31.6 Å². The van der Waals surface area contributed by atoms with Crippen molar-refractivity contribution in [1.29, 1.82) is 0 Å². The molecule has 0 saturated carbocycles. The molecule has 0 fully saturated rings. The van der Waals surface area contributed by atoms with Crippen LogP contribution in [0, 0.1) is 5.82 Å². The van der Waals surface area contributed by atoms with Crippen molar-refractivity contribution in [3.63, 3.8) is 0 Å². The van der Waals surface area contributed by atoms with E-state index in [-0.39, 0.29) is 17.6 Å². The summed E-state index contributed by atoms with van der Waals surface area (Å²) in [4.78, 5) is 25.7.